The van der Waals surface area contributed by atoms with Gasteiger partial charge in [0.15, 0.2) is 0 Å². The van der Waals surface area contributed by atoms with Gasteiger partial charge in [0.2, 0.25) is 5.91 Å². The van der Waals surface area contributed by atoms with Crippen molar-refractivity contribution in [2.75, 3.05) is 20.3 Å². The van der Waals surface area contributed by atoms with Crippen LogP contribution in [0.3, 0.4) is 0 Å². The monoisotopic (exact) mass is 146 g/mol. The summed E-state index contributed by atoms with van der Waals surface area (Å²) in [6, 6.07) is -0.268. The normalized spacial score (nSPS) is 13.0. The molecule has 0 heterocycles. The first-order chi connectivity index (χ1) is 4.68. The Labute approximate surface area is 60.7 Å². The maximum absolute atomic E-state index is 10.4. The van der Waals surface area contributed by atoms with Crippen molar-refractivity contribution in [1.29, 1.82) is 0 Å². The van der Waals surface area contributed by atoms with Crippen molar-refractivity contribution in [3.8, 4) is 0 Å². The van der Waals surface area contributed by atoms with Crippen LogP contribution in [0.15, 0.2) is 0 Å². The van der Waals surface area contributed by atoms with Gasteiger partial charge in [-0.25, -0.2) is 0 Å². The molecule has 1 amide bonds. The quantitative estimate of drug-likeness (QED) is 0.494. The van der Waals surface area contributed by atoms with Gasteiger partial charge in [-0.2, -0.15) is 0 Å². The van der Waals surface area contributed by atoms with E-state index >= 15 is 0 Å². The van der Waals surface area contributed by atoms with Crippen LogP contribution >= 0.6 is 0 Å². The Morgan fingerprint density at radius 3 is 2.80 bits per heavy atom. The van der Waals surface area contributed by atoms with E-state index in [0.29, 0.717) is 13.2 Å². The molecule has 10 heavy (non-hydrogen) atoms. The Morgan fingerprint density at radius 1 is 1.80 bits per heavy atom. The van der Waals surface area contributed by atoms with E-state index in [0.717, 1.165) is 0 Å². The number of nitrogens with one attached hydrogen (secondary N) is 1. The SMILES string of the molecule is COCCN[C@H](C)C(N)=O. The minimum absolute atomic E-state index is 0.268. The summed E-state index contributed by atoms with van der Waals surface area (Å²) in [4.78, 5) is 10.4. The molecule has 4 heteroatoms. The third kappa shape index (κ3) is 4.29. The van der Waals surface area contributed by atoms with Crippen molar-refractivity contribution in [2.45, 2.75) is 13.0 Å². The van der Waals surface area contributed by atoms with E-state index in [1.807, 2.05) is 0 Å². The van der Waals surface area contributed by atoms with Crippen LogP contribution in [0.1, 0.15) is 6.92 Å². The highest BCUT2D eigenvalue weighted by Crippen LogP contribution is 1.76. The van der Waals surface area contributed by atoms with Crippen molar-refractivity contribution in [1.82, 2.24) is 5.32 Å². The number of rotatable bonds is 5. The van der Waals surface area contributed by atoms with E-state index in [-0.39, 0.29) is 11.9 Å². The molecule has 0 saturated carbocycles. The number of hydrogen-bond acceptors (Lipinski definition) is 3. The summed E-state index contributed by atoms with van der Waals surface area (Å²) in [7, 11) is 1.61. The molecule has 0 aromatic heterocycles. The standard InChI is InChI=1S/C6H14N2O2/c1-5(6(7)9)8-3-4-10-2/h5,8H,3-4H2,1-2H3,(H2,7,9)/t5-/m1/s1. The Kier molecular flexibility index (Phi) is 4.88. The van der Waals surface area contributed by atoms with Gasteiger partial charge in [-0.1, -0.05) is 0 Å². The summed E-state index contributed by atoms with van der Waals surface area (Å²) in [6.07, 6.45) is 0. The average molecular weight is 146 g/mol. The number of nitrogens with two attached hydrogens (primary N) is 1. The molecule has 0 aliphatic heterocycles. The number of methoxy groups -OCH3 is 1. The minimum atomic E-state index is -0.337. The maximum Gasteiger partial charge on any atom is 0.234 e. The molecule has 0 spiro atoms. The second-order valence-electron chi connectivity index (χ2n) is 2.07. The predicted octanol–water partition coefficient (Wildman–Crippen LogP) is -0.904. The molecule has 0 rings (SSSR count). The number of amides is 1. The Morgan fingerprint density at radius 2 is 2.40 bits per heavy atom. The molecule has 0 aliphatic rings. The molecule has 3 N–H and O–H groups in total. The summed E-state index contributed by atoms with van der Waals surface area (Å²) < 4.78 is 4.76. The maximum atomic E-state index is 10.4. The van der Waals surface area contributed by atoms with E-state index < -0.39 is 0 Å². The summed E-state index contributed by atoms with van der Waals surface area (Å²) in [6.45, 7) is 2.97. The van der Waals surface area contributed by atoms with Crippen LogP contribution in [0.5, 0.6) is 0 Å². The highest BCUT2D eigenvalue weighted by Gasteiger charge is 2.05. The van der Waals surface area contributed by atoms with Gasteiger partial charge in [0, 0.05) is 13.7 Å². The number of hydrogen-bond donors (Lipinski definition) is 2. The second-order valence-corrected chi connectivity index (χ2v) is 2.07. The number of carbonyl (C=O) groups excluding carboxylic acids is 1. The molecule has 0 aromatic rings. The summed E-state index contributed by atoms with van der Waals surface area (Å²) in [5, 5.41) is 2.88. The fraction of sp³-hybridized carbons (Fsp3) is 0.833. The van der Waals surface area contributed by atoms with E-state index in [1.54, 1.807) is 14.0 Å². The van der Waals surface area contributed by atoms with Crippen LogP contribution in [-0.2, 0) is 9.53 Å². The molecule has 0 saturated heterocycles. The smallest absolute Gasteiger partial charge is 0.234 e. The number of carbonyl (C=O) groups is 1. The van der Waals surface area contributed by atoms with Gasteiger partial charge in [0.05, 0.1) is 12.6 Å². The molecular weight excluding hydrogens is 132 g/mol. The number of ether oxygens (including phenoxy) is 1. The molecule has 0 aromatic carbocycles. The second kappa shape index (κ2) is 5.20. The average Bonchev–Trinajstić information content (AvgIpc) is 1.88. The zero-order valence-electron chi connectivity index (χ0n) is 6.39. The van der Waals surface area contributed by atoms with Crippen LogP contribution in [0.2, 0.25) is 0 Å². The molecule has 0 unspecified atom stereocenters. The molecule has 0 aliphatic carbocycles. The molecule has 60 valence electrons. The van der Waals surface area contributed by atoms with Crippen molar-refractivity contribution >= 4 is 5.91 Å². The lowest BCUT2D eigenvalue weighted by Crippen LogP contribution is -2.40. The van der Waals surface area contributed by atoms with Crippen LogP contribution in [0.25, 0.3) is 0 Å². The van der Waals surface area contributed by atoms with Gasteiger partial charge in [0.1, 0.15) is 0 Å². The van der Waals surface area contributed by atoms with Crippen molar-refractivity contribution in [2.24, 2.45) is 5.73 Å². The topological polar surface area (TPSA) is 64.3 Å². The van der Waals surface area contributed by atoms with Crippen LogP contribution in [-0.4, -0.2) is 32.2 Å². The largest absolute Gasteiger partial charge is 0.383 e. The molecule has 0 fully saturated rings. The molecular formula is C6H14N2O2. The Balaban J connectivity index is 3.21. The molecule has 4 nitrogen and oxygen atoms in total. The molecule has 0 radical (unpaired) electrons. The van der Waals surface area contributed by atoms with Crippen LogP contribution < -0.4 is 11.1 Å². The molecule has 0 bridgehead atoms. The molecule has 1 atom stereocenters. The van der Waals surface area contributed by atoms with E-state index in [9.17, 15) is 4.79 Å². The predicted molar refractivity (Wildman–Crippen MR) is 38.5 cm³/mol. The van der Waals surface area contributed by atoms with Gasteiger partial charge in [-0.15, -0.1) is 0 Å². The van der Waals surface area contributed by atoms with E-state index in [4.69, 9.17) is 10.5 Å². The number of primary amides is 1. The lowest BCUT2D eigenvalue weighted by atomic mass is 10.3. The van der Waals surface area contributed by atoms with Gasteiger partial charge >= 0.3 is 0 Å². The lowest BCUT2D eigenvalue weighted by molar-refractivity contribution is -0.119. The zero-order valence-corrected chi connectivity index (χ0v) is 6.39. The van der Waals surface area contributed by atoms with Gasteiger partial charge in [0.25, 0.3) is 0 Å². The van der Waals surface area contributed by atoms with Crippen molar-refractivity contribution in [3.05, 3.63) is 0 Å². The first-order valence-electron chi connectivity index (χ1n) is 3.20. The summed E-state index contributed by atoms with van der Waals surface area (Å²) in [5.74, 6) is -0.337. The highest BCUT2D eigenvalue weighted by atomic mass is 16.5. The summed E-state index contributed by atoms with van der Waals surface area (Å²) >= 11 is 0. The Hall–Kier alpha value is -0.610. The third-order valence-corrected chi connectivity index (χ3v) is 1.18. The van der Waals surface area contributed by atoms with Crippen molar-refractivity contribution in [3.63, 3.8) is 0 Å². The van der Waals surface area contributed by atoms with Crippen LogP contribution in [0, 0.1) is 0 Å². The van der Waals surface area contributed by atoms with Crippen LogP contribution in [0.4, 0.5) is 0 Å². The van der Waals surface area contributed by atoms with E-state index in [2.05, 4.69) is 5.32 Å². The van der Waals surface area contributed by atoms with Gasteiger partial charge in [-0.05, 0) is 6.92 Å². The fourth-order valence-corrected chi connectivity index (χ4v) is 0.478. The van der Waals surface area contributed by atoms with E-state index in [1.165, 1.54) is 0 Å². The third-order valence-electron chi connectivity index (χ3n) is 1.18. The lowest BCUT2D eigenvalue weighted by Gasteiger charge is -2.08. The van der Waals surface area contributed by atoms with Gasteiger partial charge in [-0.3, -0.25) is 4.79 Å². The first kappa shape index (κ1) is 9.39. The Bertz CT molecular complexity index is 106. The first-order valence-corrected chi connectivity index (χ1v) is 3.20. The highest BCUT2D eigenvalue weighted by molar-refractivity contribution is 5.79. The minimum Gasteiger partial charge on any atom is -0.383 e. The van der Waals surface area contributed by atoms with Crippen molar-refractivity contribution < 1.29 is 9.53 Å². The fourth-order valence-electron chi connectivity index (χ4n) is 0.478. The summed E-state index contributed by atoms with van der Waals surface area (Å²) in [5.41, 5.74) is 4.98. The van der Waals surface area contributed by atoms with Gasteiger partial charge < -0.3 is 15.8 Å². The zero-order chi connectivity index (χ0) is 7.98.